The Morgan fingerprint density at radius 2 is 2.17 bits per heavy atom. The molecule has 1 aliphatic heterocycles. The number of hydrogen-bond acceptors (Lipinski definition) is 2. The number of rotatable bonds is 1. The first-order chi connectivity index (χ1) is 8.92. The van der Waals surface area contributed by atoms with E-state index in [-0.39, 0.29) is 6.04 Å². The molecule has 0 saturated heterocycles. The standard InChI is InChI=1S/C14H14N4/c1-2-11-9(3-5-15-11)7-10(1)13-14-12(4-6-16-13)17-8-18-14/h1-3,5,7-8,13,15-16H,4,6H2,(H,17,18)/t13-/m1/s1. The molecule has 2 aromatic heterocycles. The molecule has 3 heterocycles. The first kappa shape index (κ1) is 9.91. The monoisotopic (exact) mass is 238 g/mol. The summed E-state index contributed by atoms with van der Waals surface area (Å²) in [5.41, 5.74) is 4.84. The Bertz CT molecular complexity index is 694. The molecule has 0 radical (unpaired) electrons. The van der Waals surface area contributed by atoms with Crippen molar-refractivity contribution in [1.29, 1.82) is 0 Å². The SMILES string of the molecule is c1nc2c([nH]1)CCN[C@@H]2c1ccc2[nH]ccc2c1. The molecule has 0 amide bonds. The smallest absolute Gasteiger partial charge is 0.0926 e. The van der Waals surface area contributed by atoms with E-state index in [0.29, 0.717) is 0 Å². The van der Waals surface area contributed by atoms with Gasteiger partial charge in [0, 0.05) is 30.4 Å². The highest BCUT2D eigenvalue weighted by molar-refractivity contribution is 5.80. The van der Waals surface area contributed by atoms with Crippen LogP contribution in [0.2, 0.25) is 0 Å². The molecular formula is C14H14N4. The largest absolute Gasteiger partial charge is 0.361 e. The zero-order valence-electron chi connectivity index (χ0n) is 9.90. The minimum absolute atomic E-state index is 0.208. The molecule has 18 heavy (non-hydrogen) atoms. The van der Waals surface area contributed by atoms with Gasteiger partial charge < -0.3 is 15.3 Å². The fourth-order valence-corrected chi connectivity index (χ4v) is 2.75. The van der Waals surface area contributed by atoms with Crippen LogP contribution in [-0.4, -0.2) is 21.5 Å². The molecule has 0 aliphatic carbocycles. The van der Waals surface area contributed by atoms with Crippen molar-refractivity contribution < 1.29 is 0 Å². The van der Waals surface area contributed by atoms with E-state index in [2.05, 4.69) is 44.5 Å². The van der Waals surface area contributed by atoms with Crippen LogP contribution in [0.1, 0.15) is 23.0 Å². The molecule has 0 saturated carbocycles. The van der Waals surface area contributed by atoms with Crippen LogP contribution in [0.5, 0.6) is 0 Å². The summed E-state index contributed by atoms with van der Waals surface area (Å²) in [7, 11) is 0. The second-order valence-electron chi connectivity index (χ2n) is 4.73. The van der Waals surface area contributed by atoms with Gasteiger partial charge in [-0.3, -0.25) is 0 Å². The Morgan fingerprint density at radius 1 is 1.17 bits per heavy atom. The van der Waals surface area contributed by atoms with E-state index in [4.69, 9.17) is 0 Å². The summed E-state index contributed by atoms with van der Waals surface area (Å²) in [5.74, 6) is 0. The second-order valence-corrected chi connectivity index (χ2v) is 4.73. The molecule has 1 aromatic carbocycles. The van der Waals surface area contributed by atoms with Crippen molar-refractivity contribution in [3.63, 3.8) is 0 Å². The lowest BCUT2D eigenvalue weighted by Crippen LogP contribution is -2.30. The number of aromatic nitrogens is 3. The van der Waals surface area contributed by atoms with E-state index >= 15 is 0 Å². The number of H-pyrrole nitrogens is 2. The van der Waals surface area contributed by atoms with Gasteiger partial charge in [-0.1, -0.05) is 6.07 Å². The Morgan fingerprint density at radius 3 is 3.17 bits per heavy atom. The second kappa shape index (κ2) is 3.71. The van der Waals surface area contributed by atoms with Crippen molar-refractivity contribution in [2.75, 3.05) is 6.54 Å². The fraction of sp³-hybridized carbons (Fsp3) is 0.214. The Hall–Kier alpha value is -2.07. The fourth-order valence-electron chi connectivity index (χ4n) is 2.75. The van der Waals surface area contributed by atoms with Crippen LogP contribution < -0.4 is 5.32 Å². The van der Waals surface area contributed by atoms with Crippen molar-refractivity contribution >= 4 is 10.9 Å². The maximum Gasteiger partial charge on any atom is 0.0926 e. The highest BCUT2D eigenvalue weighted by Gasteiger charge is 2.23. The summed E-state index contributed by atoms with van der Waals surface area (Å²) in [6.45, 7) is 0.991. The molecule has 3 N–H and O–H groups in total. The summed E-state index contributed by atoms with van der Waals surface area (Å²) in [6, 6.07) is 8.84. The predicted octanol–water partition coefficient (Wildman–Crippen LogP) is 2.13. The summed E-state index contributed by atoms with van der Waals surface area (Å²) in [5, 5.41) is 4.79. The number of imidazole rings is 1. The third kappa shape index (κ3) is 1.39. The van der Waals surface area contributed by atoms with Crippen LogP contribution in [0.3, 0.4) is 0 Å². The van der Waals surface area contributed by atoms with E-state index < -0.39 is 0 Å². The summed E-state index contributed by atoms with van der Waals surface area (Å²) in [4.78, 5) is 10.9. The van der Waals surface area contributed by atoms with Crippen LogP contribution in [0, 0.1) is 0 Å². The van der Waals surface area contributed by atoms with E-state index in [0.717, 1.165) is 18.7 Å². The molecule has 4 nitrogen and oxygen atoms in total. The van der Waals surface area contributed by atoms with Crippen molar-refractivity contribution in [3.05, 3.63) is 53.7 Å². The van der Waals surface area contributed by atoms with Gasteiger partial charge in [-0.2, -0.15) is 0 Å². The van der Waals surface area contributed by atoms with Crippen LogP contribution in [0.4, 0.5) is 0 Å². The number of benzene rings is 1. The highest BCUT2D eigenvalue weighted by atomic mass is 15.0. The van der Waals surface area contributed by atoms with Crippen LogP contribution in [0.15, 0.2) is 36.8 Å². The lowest BCUT2D eigenvalue weighted by Gasteiger charge is -2.23. The van der Waals surface area contributed by atoms with E-state index in [1.807, 2.05) is 6.20 Å². The van der Waals surface area contributed by atoms with Crippen molar-refractivity contribution in [2.24, 2.45) is 0 Å². The van der Waals surface area contributed by atoms with Crippen molar-refractivity contribution in [1.82, 2.24) is 20.3 Å². The summed E-state index contributed by atoms with van der Waals surface area (Å²) in [6.07, 6.45) is 4.79. The minimum atomic E-state index is 0.208. The summed E-state index contributed by atoms with van der Waals surface area (Å²) >= 11 is 0. The third-order valence-corrected chi connectivity index (χ3v) is 3.66. The van der Waals surface area contributed by atoms with Gasteiger partial charge in [0.2, 0.25) is 0 Å². The molecule has 1 atom stereocenters. The molecular weight excluding hydrogens is 224 g/mol. The minimum Gasteiger partial charge on any atom is -0.361 e. The van der Waals surface area contributed by atoms with Gasteiger partial charge in [0.1, 0.15) is 0 Å². The lowest BCUT2D eigenvalue weighted by atomic mass is 9.97. The normalized spacial score (nSPS) is 19.0. The Balaban J connectivity index is 1.84. The highest BCUT2D eigenvalue weighted by Crippen LogP contribution is 2.28. The zero-order chi connectivity index (χ0) is 11.9. The summed E-state index contributed by atoms with van der Waals surface area (Å²) < 4.78 is 0. The Labute approximate surface area is 104 Å². The number of nitrogens with zero attached hydrogens (tertiary/aromatic N) is 1. The topological polar surface area (TPSA) is 56.5 Å². The number of aromatic amines is 2. The van der Waals surface area contributed by atoms with Gasteiger partial charge in [0.05, 0.1) is 18.1 Å². The average molecular weight is 238 g/mol. The molecule has 3 aromatic rings. The van der Waals surface area contributed by atoms with Gasteiger partial charge in [0.15, 0.2) is 0 Å². The number of fused-ring (bicyclic) bond motifs is 2. The molecule has 90 valence electrons. The molecule has 1 aliphatic rings. The van der Waals surface area contributed by atoms with E-state index in [1.54, 1.807) is 6.33 Å². The quantitative estimate of drug-likeness (QED) is 0.608. The van der Waals surface area contributed by atoms with Gasteiger partial charge in [0.25, 0.3) is 0 Å². The lowest BCUT2D eigenvalue weighted by molar-refractivity contribution is 0.554. The maximum absolute atomic E-state index is 4.46. The van der Waals surface area contributed by atoms with Gasteiger partial charge in [-0.15, -0.1) is 0 Å². The maximum atomic E-state index is 4.46. The van der Waals surface area contributed by atoms with E-state index in [9.17, 15) is 0 Å². The van der Waals surface area contributed by atoms with Gasteiger partial charge in [-0.05, 0) is 29.1 Å². The van der Waals surface area contributed by atoms with Gasteiger partial charge in [-0.25, -0.2) is 4.98 Å². The first-order valence-corrected chi connectivity index (χ1v) is 6.24. The average Bonchev–Trinajstić information content (AvgIpc) is 3.05. The number of nitrogens with one attached hydrogen (secondary N) is 3. The molecule has 0 unspecified atom stereocenters. The number of hydrogen-bond donors (Lipinski definition) is 3. The van der Waals surface area contributed by atoms with Crippen LogP contribution >= 0.6 is 0 Å². The van der Waals surface area contributed by atoms with Gasteiger partial charge >= 0.3 is 0 Å². The molecule has 0 bridgehead atoms. The molecule has 0 fully saturated rings. The zero-order valence-corrected chi connectivity index (χ0v) is 9.90. The molecule has 0 spiro atoms. The first-order valence-electron chi connectivity index (χ1n) is 6.24. The van der Waals surface area contributed by atoms with E-state index in [1.165, 1.54) is 22.2 Å². The molecule has 4 rings (SSSR count). The Kier molecular flexibility index (Phi) is 2.04. The molecule has 4 heteroatoms. The van der Waals surface area contributed by atoms with Crippen molar-refractivity contribution in [2.45, 2.75) is 12.5 Å². The third-order valence-electron chi connectivity index (χ3n) is 3.66. The van der Waals surface area contributed by atoms with Crippen molar-refractivity contribution in [3.8, 4) is 0 Å². The van der Waals surface area contributed by atoms with Crippen LogP contribution in [0.25, 0.3) is 10.9 Å². The predicted molar refractivity (Wildman–Crippen MR) is 70.4 cm³/mol. The van der Waals surface area contributed by atoms with Crippen LogP contribution in [-0.2, 0) is 6.42 Å².